The van der Waals surface area contributed by atoms with Crippen LogP contribution in [0.15, 0.2) is 42.5 Å². The minimum Gasteiger partial charge on any atom is -0.480 e. The van der Waals surface area contributed by atoms with Gasteiger partial charge in [-0.3, -0.25) is 9.57 Å². The van der Waals surface area contributed by atoms with Crippen LogP contribution in [0.4, 0.5) is 13.2 Å². The van der Waals surface area contributed by atoms with E-state index in [0.717, 1.165) is 11.1 Å². The Kier molecular flexibility index (Phi) is 8.13. The molecule has 5 nitrogen and oxygen atoms in total. The normalized spacial score (nSPS) is 15.8. The third-order valence-electron chi connectivity index (χ3n) is 5.00. The molecule has 0 aliphatic heterocycles. The first-order valence-electron chi connectivity index (χ1n) is 9.46. The molecule has 2 unspecified atom stereocenters. The van der Waals surface area contributed by atoms with Gasteiger partial charge in [-0.15, -0.1) is 0 Å². The molecule has 0 aliphatic rings. The Morgan fingerprint density at radius 1 is 1.19 bits per heavy atom. The van der Waals surface area contributed by atoms with Gasteiger partial charge in [0.05, 0.1) is 5.92 Å². The molecule has 31 heavy (non-hydrogen) atoms. The third kappa shape index (κ3) is 7.22. The first kappa shape index (κ1) is 25.2. The molecule has 3 atom stereocenters. The van der Waals surface area contributed by atoms with Crippen molar-refractivity contribution >= 4 is 27.3 Å². The standard InChI is InChI=1S/C21H24ClF3N2O3S/c1-13-11-16(22)5-6-17(13)14-3-2-4-15(12-14)18(21(23,24)25)7-9-31(27,30)10-8-19(26)20(28)29/h2-6,11-12,18-19,27H,7-10,26H2,1H3,(H,28,29)/t18?,19-,31?/m0/s1. The van der Waals surface area contributed by atoms with Gasteiger partial charge in [-0.2, -0.15) is 13.2 Å². The van der Waals surface area contributed by atoms with Crippen LogP contribution in [0.1, 0.15) is 29.9 Å². The number of rotatable bonds is 9. The van der Waals surface area contributed by atoms with Crippen molar-refractivity contribution < 1.29 is 27.3 Å². The highest BCUT2D eigenvalue weighted by atomic mass is 35.5. The fraction of sp³-hybridized carbons (Fsp3) is 0.381. The van der Waals surface area contributed by atoms with Gasteiger partial charge in [0.25, 0.3) is 0 Å². The van der Waals surface area contributed by atoms with E-state index in [1.807, 2.05) is 6.92 Å². The number of nitrogens with one attached hydrogen (secondary N) is 1. The first-order chi connectivity index (χ1) is 14.3. The fourth-order valence-electron chi connectivity index (χ4n) is 3.24. The van der Waals surface area contributed by atoms with Crippen LogP contribution in [-0.2, 0) is 14.5 Å². The largest absolute Gasteiger partial charge is 0.480 e. The molecule has 170 valence electrons. The zero-order valence-corrected chi connectivity index (χ0v) is 18.4. The lowest BCUT2D eigenvalue weighted by Crippen LogP contribution is -2.32. The average molecular weight is 477 g/mol. The number of carboxylic acid groups (broad SMARTS) is 1. The lowest BCUT2D eigenvalue weighted by Gasteiger charge is -2.22. The summed E-state index contributed by atoms with van der Waals surface area (Å²) in [6.45, 7) is 1.81. The highest BCUT2D eigenvalue weighted by Gasteiger charge is 2.41. The molecule has 0 aromatic heterocycles. The zero-order valence-electron chi connectivity index (χ0n) is 16.8. The maximum atomic E-state index is 13.8. The summed E-state index contributed by atoms with van der Waals surface area (Å²) in [6.07, 6.45) is -5.38. The van der Waals surface area contributed by atoms with Crippen molar-refractivity contribution in [2.75, 3.05) is 11.5 Å². The summed E-state index contributed by atoms with van der Waals surface area (Å²) >= 11 is 5.96. The molecule has 2 aromatic rings. The average Bonchev–Trinajstić information content (AvgIpc) is 2.65. The van der Waals surface area contributed by atoms with Crippen LogP contribution in [0.25, 0.3) is 11.1 Å². The molecule has 0 heterocycles. The van der Waals surface area contributed by atoms with Crippen LogP contribution in [0.5, 0.6) is 0 Å². The Labute approximate surface area is 184 Å². The summed E-state index contributed by atoms with van der Waals surface area (Å²) in [7, 11) is -3.41. The van der Waals surface area contributed by atoms with Gasteiger partial charge in [-0.05, 0) is 54.2 Å². The van der Waals surface area contributed by atoms with Gasteiger partial charge in [0, 0.05) is 26.3 Å². The zero-order chi connectivity index (χ0) is 23.4. The van der Waals surface area contributed by atoms with Crippen LogP contribution in [0, 0.1) is 11.7 Å². The van der Waals surface area contributed by atoms with E-state index in [0.29, 0.717) is 10.6 Å². The van der Waals surface area contributed by atoms with Crippen molar-refractivity contribution in [3.05, 3.63) is 58.6 Å². The second-order valence-corrected chi connectivity index (χ2v) is 10.3. The van der Waals surface area contributed by atoms with Gasteiger partial charge < -0.3 is 10.8 Å². The van der Waals surface area contributed by atoms with Crippen molar-refractivity contribution in [3.63, 3.8) is 0 Å². The second-order valence-electron chi connectivity index (χ2n) is 7.42. The number of halogens is 4. The van der Waals surface area contributed by atoms with Crippen LogP contribution in [0.3, 0.4) is 0 Å². The molecule has 0 amide bonds. The van der Waals surface area contributed by atoms with E-state index in [2.05, 4.69) is 0 Å². The van der Waals surface area contributed by atoms with Gasteiger partial charge in [0.1, 0.15) is 6.04 Å². The Morgan fingerprint density at radius 3 is 2.42 bits per heavy atom. The predicted molar refractivity (Wildman–Crippen MR) is 116 cm³/mol. The molecule has 10 heteroatoms. The summed E-state index contributed by atoms with van der Waals surface area (Å²) < 4.78 is 61.6. The Bertz CT molecular complexity index is 1040. The highest BCUT2D eigenvalue weighted by molar-refractivity contribution is 7.92. The molecule has 0 fully saturated rings. The molecule has 0 bridgehead atoms. The Morgan fingerprint density at radius 2 is 1.84 bits per heavy atom. The number of alkyl halides is 3. The molecule has 0 saturated carbocycles. The van der Waals surface area contributed by atoms with Crippen molar-refractivity contribution in [1.29, 1.82) is 4.78 Å². The SMILES string of the molecule is Cc1cc(Cl)ccc1-c1cccc(C(CCS(=N)(=O)CC[C@H](N)C(=O)O)C(F)(F)F)c1. The topological polar surface area (TPSA) is 104 Å². The van der Waals surface area contributed by atoms with Gasteiger partial charge >= 0.3 is 12.1 Å². The van der Waals surface area contributed by atoms with E-state index in [1.165, 1.54) is 18.2 Å². The van der Waals surface area contributed by atoms with Crippen molar-refractivity contribution in [2.24, 2.45) is 5.73 Å². The van der Waals surface area contributed by atoms with Crippen molar-refractivity contribution in [3.8, 4) is 11.1 Å². The molecule has 0 radical (unpaired) electrons. The van der Waals surface area contributed by atoms with Gasteiger partial charge in [0.2, 0.25) is 0 Å². The maximum absolute atomic E-state index is 13.8. The van der Waals surface area contributed by atoms with E-state index < -0.39 is 46.0 Å². The summed E-state index contributed by atoms with van der Waals surface area (Å²) in [5.41, 5.74) is 7.51. The summed E-state index contributed by atoms with van der Waals surface area (Å²) in [4.78, 5) is 10.8. The molecule has 0 spiro atoms. The summed E-state index contributed by atoms with van der Waals surface area (Å²) in [5, 5.41) is 9.30. The number of aryl methyl sites for hydroxylation is 1. The minimum absolute atomic E-state index is 0.0109. The molecule has 2 rings (SSSR count). The van der Waals surface area contributed by atoms with Gasteiger partial charge in [-0.1, -0.05) is 41.9 Å². The number of aliphatic carboxylic acids is 1. The van der Waals surface area contributed by atoms with Crippen LogP contribution in [0.2, 0.25) is 5.02 Å². The molecule has 0 saturated heterocycles. The minimum atomic E-state index is -4.60. The Hall–Kier alpha value is -2.10. The number of carbonyl (C=O) groups is 1. The quantitative estimate of drug-likeness (QED) is 0.462. The lowest BCUT2D eigenvalue weighted by molar-refractivity contribution is -0.150. The van der Waals surface area contributed by atoms with E-state index in [4.69, 9.17) is 27.2 Å². The summed E-state index contributed by atoms with van der Waals surface area (Å²) in [5.74, 6) is -4.08. The van der Waals surface area contributed by atoms with E-state index in [-0.39, 0.29) is 17.7 Å². The maximum Gasteiger partial charge on any atom is 0.395 e. The smallest absolute Gasteiger partial charge is 0.395 e. The number of hydrogen-bond donors (Lipinski definition) is 3. The molecule has 0 aliphatic carbocycles. The van der Waals surface area contributed by atoms with Crippen molar-refractivity contribution in [1.82, 2.24) is 0 Å². The third-order valence-corrected chi connectivity index (χ3v) is 7.02. The lowest BCUT2D eigenvalue weighted by atomic mass is 9.91. The van der Waals surface area contributed by atoms with Gasteiger partial charge in [0.15, 0.2) is 0 Å². The molecule has 4 N–H and O–H groups in total. The highest BCUT2D eigenvalue weighted by Crippen LogP contribution is 2.39. The number of nitrogens with two attached hydrogens (primary N) is 1. The second kappa shape index (κ2) is 10.0. The number of benzene rings is 2. The fourth-order valence-corrected chi connectivity index (χ4v) is 4.93. The van der Waals surface area contributed by atoms with E-state index in [1.54, 1.807) is 24.3 Å². The number of hydrogen-bond acceptors (Lipinski definition) is 4. The van der Waals surface area contributed by atoms with Crippen LogP contribution in [-0.4, -0.2) is 39.0 Å². The van der Waals surface area contributed by atoms with Crippen LogP contribution < -0.4 is 5.73 Å². The number of carboxylic acids is 1. The first-order valence-corrected chi connectivity index (χ1v) is 11.7. The Balaban J connectivity index is 2.25. The van der Waals surface area contributed by atoms with Gasteiger partial charge in [-0.25, -0.2) is 4.21 Å². The molecular weight excluding hydrogens is 453 g/mol. The van der Waals surface area contributed by atoms with E-state index in [9.17, 15) is 22.2 Å². The van der Waals surface area contributed by atoms with Crippen molar-refractivity contribution in [2.45, 2.75) is 37.9 Å². The van der Waals surface area contributed by atoms with Crippen LogP contribution >= 0.6 is 11.6 Å². The predicted octanol–water partition coefficient (Wildman–Crippen LogP) is 5.20. The van der Waals surface area contributed by atoms with E-state index >= 15 is 0 Å². The molecular formula is C21H24ClF3N2O3S. The molecule has 2 aromatic carbocycles. The summed E-state index contributed by atoms with van der Waals surface area (Å²) in [6, 6.07) is 9.86. The monoisotopic (exact) mass is 476 g/mol.